The fourth-order valence-corrected chi connectivity index (χ4v) is 1.99. The molecule has 24 heavy (non-hydrogen) atoms. The average molecular weight is 327 g/mol. The molecule has 0 saturated carbocycles. The topological polar surface area (TPSA) is 81.7 Å². The van der Waals surface area contributed by atoms with E-state index in [9.17, 15) is 14.4 Å². The maximum Gasteiger partial charge on any atom is 0.308 e. The number of nitrogens with one attached hydrogen (secondary N) is 1. The highest BCUT2D eigenvalue weighted by Gasteiger charge is 2.16. The summed E-state index contributed by atoms with van der Waals surface area (Å²) in [4.78, 5) is 34.7. The molecule has 1 N–H and O–H groups in total. The van der Waals surface area contributed by atoms with E-state index in [2.05, 4.69) is 5.32 Å². The Balaban J connectivity index is 2.29. The molecule has 0 saturated heterocycles. The van der Waals surface area contributed by atoms with E-state index in [-0.39, 0.29) is 17.1 Å². The van der Waals surface area contributed by atoms with E-state index in [1.807, 2.05) is 19.1 Å². The molecule has 0 aliphatic heterocycles. The van der Waals surface area contributed by atoms with Crippen molar-refractivity contribution in [1.82, 2.24) is 0 Å². The van der Waals surface area contributed by atoms with Gasteiger partial charge in [0.05, 0.1) is 5.56 Å². The first-order chi connectivity index (χ1) is 11.3. The van der Waals surface area contributed by atoms with Gasteiger partial charge < -0.3 is 14.8 Å². The average Bonchev–Trinajstić information content (AvgIpc) is 2.48. The van der Waals surface area contributed by atoms with E-state index in [0.717, 1.165) is 5.56 Å². The van der Waals surface area contributed by atoms with Gasteiger partial charge in [-0.25, -0.2) is 0 Å². The van der Waals surface area contributed by atoms with Gasteiger partial charge in [-0.05, 0) is 31.2 Å². The van der Waals surface area contributed by atoms with Crippen molar-refractivity contribution in [1.29, 1.82) is 0 Å². The number of hydrogen-bond donors (Lipinski definition) is 1. The molecule has 0 aliphatic rings. The van der Waals surface area contributed by atoms with Crippen molar-refractivity contribution in [2.24, 2.45) is 0 Å². The first kappa shape index (κ1) is 17.2. The summed E-state index contributed by atoms with van der Waals surface area (Å²) in [6.45, 7) is 4.42. The van der Waals surface area contributed by atoms with Crippen LogP contribution in [0.15, 0.2) is 42.5 Å². The number of carbonyl (C=O) groups is 3. The molecule has 2 aromatic carbocycles. The summed E-state index contributed by atoms with van der Waals surface area (Å²) in [5, 5.41) is 2.72. The molecule has 6 nitrogen and oxygen atoms in total. The highest BCUT2D eigenvalue weighted by atomic mass is 16.5. The predicted molar refractivity (Wildman–Crippen MR) is 88.2 cm³/mol. The van der Waals surface area contributed by atoms with Crippen LogP contribution in [0.25, 0.3) is 0 Å². The minimum Gasteiger partial charge on any atom is -0.427 e. The molecular formula is C18H17NO5. The van der Waals surface area contributed by atoms with Gasteiger partial charge in [-0.2, -0.15) is 0 Å². The number of carbonyl (C=O) groups excluding carboxylic acids is 3. The molecule has 124 valence electrons. The molecule has 0 aliphatic carbocycles. The zero-order valence-corrected chi connectivity index (χ0v) is 13.6. The first-order valence-corrected chi connectivity index (χ1v) is 7.24. The molecule has 2 rings (SSSR count). The van der Waals surface area contributed by atoms with E-state index in [1.54, 1.807) is 12.1 Å². The summed E-state index contributed by atoms with van der Waals surface area (Å²) in [7, 11) is 0. The number of esters is 2. The van der Waals surface area contributed by atoms with Crippen LogP contribution in [0, 0.1) is 6.92 Å². The summed E-state index contributed by atoms with van der Waals surface area (Å²) < 4.78 is 10.00. The molecule has 0 atom stereocenters. The van der Waals surface area contributed by atoms with Crippen LogP contribution >= 0.6 is 0 Å². The Morgan fingerprint density at radius 2 is 1.50 bits per heavy atom. The second-order valence-corrected chi connectivity index (χ2v) is 5.17. The number of hydrogen-bond acceptors (Lipinski definition) is 5. The molecule has 6 heteroatoms. The van der Waals surface area contributed by atoms with Gasteiger partial charge in [-0.3, -0.25) is 14.4 Å². The van der Waals surface area contributed by atoms with E-state index in [1.165, 1.54) is 32.0 Å². The number of ether oxygens (including phenoxy) is 2. The third kappa shape index (κ3) is 4.67. The monoisotopic (exact) mass is 327 g/mol. The molecule has 0 unspecified atom stereocenters. The van der Waals surface area contributed by atoms with Crippen molar-refractivity contribution in [3.05, 3.63) is 53.6 Å². The summed E-state index contributed by atoms with van der Waals surface area (Å²) in [5.74, 6) is -1.33. The lowest BCUT2D eigenvalue weighted by Crippen LogP contribution is -2.15. The molecule has 0 bridgehead atoms. The van der Waals surface area contributed by atoms with Crippen molar-refractivity contribution in [2.75, 3.05) is 5.32 Å². The largest absolute Gasteiger partial charge is 0.427 e. The van der Waals surface area contributed by atoms with E-state index in [0.29, 0.717) is 5.69 Å². The summed E-state index contributed by atoms with van der Waals surface area (Å²) >= 11 is 0. The number of benzene rings is 2. The maximum atomic E-state index is 12.4. The van der Waals surface area contributed by atoms with Crippen LogP contribution in [0.4, 0.5) is 5.69 Å². The summed E-state index contributed by atoms with van der Waals surface area (Å²) in [6, 6.07) is 11.5. The second-order valence-electron chi connectivity index (χ2n) is 5.17. The SMILES string of the molecule is CC(=O)Oc1ccc(C(=O)Nc2ccc(C)cc2)c(OC(C)=O)c1. The van der Waals surface area contributed by atoms with Crippen LogP contribution in [0.5, 0.6) is 11.5 Å². The number of anilines is 1. The van der Waals surface area contributed by atoms with Crippen LogP contribution in [-0.2, 0) is 9.59 Å². The van der Waals surface area contributed by atoms with Crippen LogP contribution in [0.3, 0.4) is 0 Å². The van der Waals surface area contributed by atoms with Crippen molar-refractivity contribution >= 4 is 23.5 Å². The van der Waals surface area contributed by atoms with Gasteiger partial charge in [0.25, 0.3) is 5.91 Å². The van der Waals surface area contributed by atoms with Gasteiger partial charge in [0.1, 0.15) is 11.5 Å². The van der Waals surface area contributed by atoms with E-state index < -0.39 is 17.8 Å². The van der Waals surface area contributed by atoms with E-state index in [4.69, 9.17) is 9.47 Å². The lowest BCUT2D eigenvalue weighted by molar-refractivity contribution is -0.132. The quantitative estimate of drug-likeness (QED) is 0.689. The van der Waals surface area contributed by atoms with Gasteiger partial charge in [-0.1, -0.05) is 17.7 Å². The highest BCUT2D eigenvalue weighted by Crippen LogP contribution is 2.26. The van der Waals surface area contributed by atoms with Crippen LogP contribution in [-0.4, -0.2) is 17.8 Å². The van der Waals surface area contributed by atoms with Gasteiger partial charge >= 0.3 is 11.9 Å². The molecule has 1 amide bonds. The third-order valence-corrected chi connectivity index (χ3v) is 3.02. The molecule has 2 aromatic rings. The van der Waals surface area contributed by atoms with E-state index >= 15 is 0 Å². The lowest BCUT2D eigenvalue weighted by Gasteiger charge is -2.11. The predicted octanol–water partition coefficient (Wildman–Crippen LogP) is 3.10. The van der Waals surface area contributed by atoms with Gasteiger partial charge in [-0.15, -0.1) is 0 Å². The Morgan fingerprint density at radius 1 is 0.875 bits per heavy atom. The van der Waals surface area contributed by atoms with Gasteiger partial charge in [0, 0.05) is 25.6 Å². The van der Waals surface area contributed by atoms with Crippen LogP contribution in [0.2, 0.25) is 0 Å². The molecule has 0 heterocycles. The van der Waals surface area contributed by atoms with Crippen molar-refractivity contribution in [3.63, 3.8) is 0 Å². The Morgan fingerprint density at radius 3 is 2.08 bits per heavy atom. The maximum absolute atomic E-state index is 12.4. The normalized spacial score (nSPS) is 9.96. The Hall–Kier alpha value is -3.15. The molecule has 0 aromatic heterocycles. The van der Waals surface area contributed by atoms with Gasteiger partial charge in [0.15, 0.2) is 0 Å². The third-order valence-electron chi connectivity index (χ3n) is 3.02. The number of amides is 1. The van der Waals surface area contributed by atoms with Crippen LogP contribution < -0.4 is 14.8 Å². The number of aryl methyl sites for hydroxylation is 1. The fourth-order valence-electron chi connectivity index (χ4n) is 1.99. The fraction of sp³-hybridized carbons (Fsp3) is 0.167. The second kappa shape index (κ2) is 7.41. The van der Waals surface area contributed by atoms with Crippen molar-refractivity contribution in [2.45, 2.75) is 20.8 Å². The molecular weight excluding hydrogens is 310 g/mol. The lowest BCUT2D eigenvalue weighted by atomic mass is 10.1. The van der Waals surface area contributed by atoms with Crippen LogP contribution in [0.1, 0.15) is 29.8 Å². The van der Waals surface area contributed by atoms with Crippen molar-refractivity contribution in [3.8, 4) is 11.5 Å². The Bertz CT molecular complexity index is 780. The zero-order valence-electron chi connectivity index (χ0n) is 13.6. The zero-order chi connectivity index (χ0) is 17.7. The Labute approximate surface area is 139 Å². The molecule has 0 fully saturated rings. The minimum absolute atomic E-state index is 0.0193. The highest BCUT2D eigenvalue weighted by molar-refractivity contribution is 6.06. The molecule has 0 spiro atoms. The molecule has 0 radical (unpaired) electrons. The van der Waals surface area contributed by atoms with Crippen molar-refractivity contribution < 1.29 is 23.9 Å². The summed E-state index contributed by atoms with van der Waals surface area (Å²) in [6.07, 6.45) is 0. The first-order valence-electron chi connectivity index (χ1n) is 7.24. The standard InChI is InChI=1S/C18H17NO5/c1-11-4-6-14(7-5-11)19-18(22)16-9-8-15(23-12(2)20)10-17(16)24-13(3)21/h4-10H,1-3H3,(H,19,22). The smallest absolute Gasteiger partial charge is 0.308 e. The van der Waals surface area contributed by atoms with Gasteiger partial charge in [0.2, 0.25) is 0 Å². The minimum atomic E-state index is -0.584. The Kier molecular flexibility index (Phi) is 5.31. The summed E-state index contributed by atoms with van der Waals surface area (Å²) in [5.41, 5.74) is 1.84. The number of rotatable bonds is 4.